The third kappa shape index (κ3) is 2.46. The van der Waals surface area contributed by atoms with Gasteiger partial charge >= 0.3 is 5.97 Å². The first-order valence-corrected chi connectivity index (χ1v) is 6.29. The van der Waals surface area contributed by atoms with Crippen molar-refractivity contribution in [3.05, 3.63) is 30.1 Å². The molecule has 0 fully saturated rings. The zero-order valence-corrected chi connectivity index (χ0v) is 11.4. The van der Waals surface area contributed by atoms with Crippen LogP contribution >= 0.6 is 0 Å². The number of carbonyl (C=O) groups is 1. The van der Waals surface area contributed by atoms with Gasteiger partial charge in [0.2, 0.25) is 0 Å². The highest BCUT2D eigenvalue weighted by Crippen LogP contribution is 2.26. The molecule has 0 bridgehead atoms. The molecule has 0 radical (unpaired) electrons. The van der Waals surface area contributed by atoms with Crippen LogP contribution in [0.3, 0.4) is 0 Å². The fourth-order valence-corrected chi connectivity index (χ4v) is 2.51. The van der Waals surface area contributed by atoms with Gasteiger partial charge in [0.1, 0.15) is 11.4 Å². The number of hydrogen-bond acceptors (Lipinski definition) is 3. The number of aromatic nitrogens is 2. The summed E-state index contributed by atoms with van der Waals surface area (Å²) in [6.45, 7) is 5.43. The Morgan fingerprint density at radius 2 is 2.16 bits per heavy atom. The Balaban J connectivity index is 2.39. The van der Waals surface area contributed by atoms with E-state index in [2.05, 4.69) is 4.98 Å². The molecule has 2 unspecified atom stereocenters. The minimum atomic E-state index is -1.24. The van der Waals surface area contributed by atoms with Crippen LogP contribution in [0.5, 0.6) is 0 Å². The molecule has 2 aromatic rings. The van der Waals surface area contributed by atoms with Gasteiger partial charge < -0.3 is 15.4 Å². The Morgan fingerprint density at radius 1 is 1.53 bits per heavy atom. The van der Waals surface area contributed by atoms with Crippen molar-refractivity contribution in [3.63, 3.8) is 0 Å². The highest BCUT2D eigenvalue weighted by Gasteiger charge is 2.31. The number of carboxylic acid groups (broad SMARTS) is 1. The number of benzene rings is 1. The lowest BCUT2D eigenvalue weighted by atomic mass is 9.95. The smallest absolute Gasteiger partial charge is 0.323 e. The Labute approximate surface area is 112 Å². The summed E-state index contributed by atoms with van der Waals surface area (Å²) in [5, 5.41) is 9.12. The maximum atomic E-state index is 11.1. The maximum absolute atomic E-state index is 11.1. The second kappa shape index (κ2) is 4.66. The van der Waals surface area contributed by atoms with E-state index in [0.717, 1.165) is 16.9 Å². The number of nitrogens with zero attached hydrogens (tertiary/aromatic N) is 2. The van der Waals surface area contributed by atoms with Crippen LogP contribution in [0.25, 0.3) is 11.0 Å². The van der Waals surface area contributed by atoms with Crippen molar-refractivity contribution >= 4 is 17.0 Å². The Kier molecular flexibility index (Phi) is 3.32. The fraction of sp³-hybridized carbons (Fsp3) is 0.429. The lowest BCUT2D eigenvalue weighted by Gasteiger charge is -2.25. The topological polar surface area (TPSA) is 81.1 Å². The molecular weight excluding hydrogens is 242 g/mol. The number of fused-ring (bicyclic) bond motifs is 1. The second-order valence-electron chi connectivity index (χ2n) is 5.29. The summed E-state index contributed by atoms with van der Waals surface area (Å²) >= 11 is 0. The van der Waals surface area contributed by atoms with Crippen molar-refractivity contribution in [3.8, 4) is 0 Å². The van der Waals surface area contributed by atoms with Crippen molar-refractivity contribution in [2.24, 2.45) is 5.73 Å². The van der Waals surface area contributed by atoms with E-state index < -0.39 is 11.5 Å². The molecule has 19 heavy (non-hydrogen) atoms. The van der Waals surface area contributed by atoms with Crippen molar-refractivity contribution in [2.75, 3.05) is 0 Å². The molecule has 2 atom stereocenters. The van der Waals surface area contributed by atoms with Crippen molar-refractivity contribution in [1.29, 1.82) is 0 Å². The third-order valence-corrected chi connectivity index (χ3v) is 3.42. The lowest BCUT2D eigenvalue weighted by molar-refractivity contribution is -0.143. The Bertz CT molecular complexity index is 616. The summed E-state index contributed by atoms with van der Waals surface area (Å²) in [4.78, 5) is 15.6. The molecule has 5 heteroatoms. The number of rotatable bonds is 4. The average Bonchev–Trinajstić information content (AvgIpc) is 2.63. The summed E-state index contributed by atoms with van der Waals surface area (Å²) in [7, 11) is 0. The summed E-state index contributed by atoms with van der Waals surface area (Å²) in [5.41, 5.74) is 6.51. The van der Waals surface area contributed by atoms with Crippen LogP contribution < -0.4 is 5.73 Å². The van der Waals surface area contributed by atoms with Gasteiger partial charge in [-0.05, 0) is 39.3 Å². The van der Waals surface area contributed by atoms with Crippen molar-refractivity contribution < 1.29 is 9.90 Å². The fourth-order valence-electron chi connectivity index (χ4n) is 2.51. The normalized spacial score (nSPS) is 16.2. The van der Waals surface area contributed by atoms with Crippen LogP contribution in [0.15, 0.2) is 24.3 Å². The van der Waals surface area contributed by atoms with Gasteiger partial charge in [0.15, 0.2) is 0 Å². The molecule has 0 saturated carbocycles. The molecule has 5 nitrogen and oxygen atoms in total. The summed E-state index contributed by atoms with van der Waals surface area (Å²) in [5.74, 6) is -0.115. The summed E-state index contributed by atoms with van der Waals surface area (Å²) < 4.78 is 2.05. The standard InChI is InChI=1S/C14H19N3O2/c1-9(8-14(3,15)13(18)19)17-10(2)16-11-6-4-5-7-12(11)17/h4-7,9H,8,15H2,1-3H3,(H,18,19). The van der Waals surface area contributed by atoms with Gasteiger partial charge in [0.05, 0.1) is 11.0 Å². The molecule has 0 spiro atoms. The van der Waals surface area contributed by atoms with Gasteiger partial charge in [-0.3, -0.25) is 4.79 Å². The predicted octanol–water partition coefficient (Wildman–Crippen LogP) is 2.10. The number of imidazole rings is 1. The molecule has 102 valence electrons. The zero-order valence-electron chi connectivity index (χ0n) is 11.4. The highest BCUT2D eigenvalue weighted by atomic mass is 16.4. The molecule has 0 amide bonds. The van der Waals surface area contributed by atoms with Crippen molar-refractivity contribution in [2.45, 2.75) is 38.8 Å². The maximum Gasteiger partial charge on any atom is 0.323 e. The van der Waals surface area contributed by atoms with Gasteiger partial charge in [0.25, 0.3) is 0 Å². The Morgan fingerprint density at radius 3 is 2.79 bits per heavy atom. The number of aliphatic carboxylic acids is 1. The van der Waals surface area contributed by atoms with Gasteiger partial charge in [0, 0.05) is 6.04 Å². The van der Waals surface area contributed by atoms with Gasteiger partial charge in [-0.15, -0.1) is 0 Å². The molecule has 1 aromatic heterocycles. The molecule has 2 rings (SSSR count). The molecule has 3 N–H and O–H groups in total. The van der Waals surface area contributed by atoms with Gasteiger partial charge in [-0.2, -0.15) is 0 Å². The van der Waals surface area contributed by atoms with Gasteiger partial charge in [-0.25, -0.2) is 4.98 Å². The molecule has 1 aromatic carbocycles. The van der Waals surface area contributed by atoms with Crippen molar-refractivity contribution in [1.82, 2.24) is 9.55 Å². The number of hydrogen-bond donors (Lipinski definition) is 2. The number of para-hydroxylation sites is 2. The van der Waals surface area contributed by atoms with Crippen LogP contribution in [0.2, 0.25) is 0 Å². The van der Waals surface area contributed by atoms with Crippen LogP contribution in [0.1, 0.15) is 32.1 Å². The van der Waals surface area contributed by atoms with Crippen LogP contribution in [0, 0.1) is 6.92 Å². The van der Waals surface area contributed by atoms with E-state index in [1.165, 1.54) is 0 Å². The van der Waals surface area contributed by atoms with E-state index in [1.807, 2.05) is 42.7 Å². The third-order valence-electron chi connectivity index (χ3n) is 3.42. The minimum Gasteiger partial charge on any atom is -0.480 e. The second-order valence-corrected chi connectivity index (χ2v) is 5.29. The van der Waals surface area contributed by atoms with E-state index in [4.69, 9.17) is 10.8 Å². The first-order chi connectivity index (χ1) is 8.83. The monoisotopic (exact) mass is 261 g/mol. The minimum absolute atomic E-state index is 0.0292. The first kappa shape index (κ1) is 13.5. The van der Waals surface area contributed by atoms with E-state index in [1.54, 1.807) is 6.92 Å². The number of aryl methyl sites for hydroxylation is 1. The number of carboxylic acids is 1. The average molecular weight is 261 g/mol. The van der Waals surface area contributed by atoms with Crippen LogP contribution in [-0.2, 0) is 4.79 Å². The highest BCUT2D eigenvalue weighted by molar-refractivity contribution is 5.78. The summed E-state index contributed by atoms with van der Waals surface area (Å²) in [6, 6.07) is 7.79. The molecule has 1 heterocycles. The van der Waals surface area contributed by atoms with E-state index in [9.17, 15) is 4.79 Å². The first-order valence-electron chi connectivity index (χ1n) is 6.29. The molecule has 0 aliphatic heterocycles. The zero-order chi connectivity index (χ0) is 14.2. The largest absolute Gasteiger partial charge is 0.480 e. The Hall–Kier alpha value is -1.88. The predicted molar refractivity (Wildman–Crippen MR) is 74.0 cm³/mol. The number of nitrogens with two attached hydrogens (primary N) is 1. The van der Waals surface area contributed by atoms with E-state index >= 15 is 0 Å². The molecule has 0 saturated heterocycles. The quantitative estimate of drug-likeness (QED) is 0.883. The van der Waals surface area contributed by atoms with Crippen LogP contribution in [0.4, 0.5) is 0 Å². The SMILES string of the molecule is Cc1nc2ccccc2n1C(C)CC(C)(N)C(=O)O. The van der Waals surface area contributed by atoms with Gasteiger partial charge in [-0.1, -0.05) is 12.1 Å². The molecule has 0 aliphatic rings. The molecule has 0 aliphatic carbocycles. The summed E-state index contributed by atoms with van der Waals surface area (Å²) in [6.07, 6.45) is 0.351. The van der Waals surface area contributed by atoms with E-state index in [0.29, 0.717) is 6.42 Å². The molecular formula is C14H19N3O2. The lowest BCUT2D eigenvalue weighted by Crippen LogP contribution is -2.46. The van der Waals surface area contributed by atoms with E-state index in [-0.39, 0.29) is 6.04 Å². The van der Waals surface area contributed by atoms with Crippen LogP contribution in [-0.4, -0.2) is 26.2 Å².